The molecular formula is C23H23NO4S. The van der Waals surface area contributed by atoms with Crippen molar-refractivity contribution in [1.29, 1.82) is 0 Å². The summed E-state index contributed by atoms with van der Waals surface area (Å²) < 4.78 is 39.9. The Kier molecular flexibility index (Phi) is 5.56. The van der Waals surface area contributed by atoms with E-state index in [1.165, 1.54) is 4.31 Å². The van der Waals surface area contributed by atoms with E-state index in [2.05, 4.69) is 0 Å². The van der Waals surface area contributed by atoms with Gasteiger partial charge in [-0.1, -0.05) is 60.2 Å². The molecule has 0 spiro atoms. The van der Waals surface area contributed by atoms with Gasteiger partial charge in [0.2, 0.25) is 0 Å². The average Bonchev–Trinajstić information content (AvgIpc) is 2.74. The number of benzene rings is 3. The molecule has 29 heavy (non-hydrogen) atoms. The summed E-state index contributed by atoms with van der Waals surface area (Å²) in [5.41, 5.74) is 2.62. The van der Waals surface area contributed by atoms with Gasteiger partial charge >= 0.3 is 0 Å². The standard InChI is InChI=1S/C23H23NO4S/c1-18-11-13-21(14-12-18)29(25,26)24-15-20(28-23-10-6-5-9-22(23)24)17-27-16-19-7-3-2-4-8-19/h2-14,20H,15-17H2,1H3/t20-/m1/s1. The second kappa shape index (κ2) is 8.27. The lowest BCUT2D eigenvalue weighted by Crippen LogP contribution is -2.45. The largest absolute Gasteiger partial charge is 0.484 e. The second-order valence-electron chi connectivity index (χ2n) is 7.06. The zero-order valence-electron chi connectivity index (χ0n) is 16.2. The maximum absolute atomic E-state index is 13.3. The van der Waals surface area contributed by atoms with Crippen molar-refractivity contribution in [2.45, 2.75) is 24.5 Å². The summed E-state index contributed by atoms with van der Waals surface area (Å²) in [7, 11) is -3.70. The summed E-state index contributed by atoms with van der Waals surface area (Å²) in [6, 6.07) is 24.0. The van der Waals surface area contributed by atoms with E-state index in [-0.39, 0.29) is 11.4 Å². The van der Waals surface area contributed by atoms with Crippen LogP contribution in [0.25, 0.3) is 0 Å². The van der Waals surface area contributed by atoms with Gasteiger partial charge in [-0.25, -0.2) is 8.42 Å². The van der Waals surface area contributed by atoms with Crippen LogP contribution in [0.2, 0.25) is 0 Å². The molecule has 0 aliphatic carbocycles. The van der Waals surface area contributed by atoms with Crippen LogP contribution in [-0.2, 0) is 21.4 Å². The van der Waals surface area contributed by atoms with Gasteiger partial charge in [0.1, 0.15) is 11.9 Å². The molecule has 0 fully saturated rings. The SMILES string of the molecule is Cc1ccc(S(=O)(=O)N2C[C@H](COCc3ccccc3)Oc3ccccc32)cc1. The number of sulfonamides is 1. The molecule has 1 aliphatic heterocycles. The lowest BCUT2D eigenvalue weighted by molar-refractivity contribution is 0.0422. The molecule has 1 heterocycles. The highest BCUT2D eigenvalue weighted by Crippen LogP contribution is 2.36. The molecule has 0 N–H and O–H groups in total. The molecule has 3 aromatic rings. The zero-order chi connectivity index (χ0) is 20.3. The molecule has 0 unspecified atom stereocenters. The summed E-state index contributed by atoms with van der Waals surface area (Å²) in [4.78, 5) is 0.267. The second-order valence-corrected chi connectivity index (χ2v) is 8.92. The average molecular weight is 410 g/mol. The first-order valence-electron chi connectivity index (χ1n) is 9.51. The molecule has 1 aliphatic rings. The van der Waals surface area contributed by atoms with E-state index in [9.17, 15) is 8.42 Å². The normalized spacial score (nSPS) is 16.2. The minimum atomic E-state index is -3.70. The van der Waals surface area contributed by atoms with Gasteiger partial charge in [-0.05, 0) is 36.8 Å². The molecule has 3 aromatic carbocycles. The van der Waals surface area contributed by atoms with Crippen LogP contribution < -0.4 is 9.04 Å². The van der Waals surface area contributed by atoms with Crippen molar-refractivity contribution in [3.63, 3.8) is 0 Å². The maximum atomic E-state index is 13.3. The zero-order valence-corrected chi connectivity index (χ0v) is 17.0. The first-order valence-corrected chi connectivity index (χ1v) is 10.9. The Morgan fingerprint density at radius 3 is 2.41 bits per heavy atom. The van der Waals surface area contributed by atoms with Crippen LogP contribution in [-0.4, -0.2) is 27.7 Å². The summed E-state index contributed by atoms with van der Waals surface area (Å²) in [6.07, 6.45) is -0.395. The Morgan fingerprint density at radius 2 is 1.66 bits per heavy atom. The molecule has 0 bridgehead atoms. The van der Waals surface area contributed by atoms with Gasteiger partial charge in [0.15, 0.2) is 0 Å². The predicted molar refractivity (Wildman–Crippen MR) is 113 cm³/mol. The first-order chi connectivity index (χ1) is 14.0. The van der Waals surface area contributed by atoms with E-state index < -0.39 is 16.1 Å². The number of aryl methyl sites for hydroxylation is 1. The van der Waals surface area contributed by atoms with E-state index in [1.54, 1.807) is 36.4 Å². The van der Waals surface area contributed by atoms with Gasteiger partial charge in [0.25, 0.3) is 10.0 Å². The molecule has 0 saturated heterocycles. The van der Waals surface area contributed by atoms with Gasteiger partial charge in [-0.15, -0.1) is 0 Å². The third-order valence-electron chi connectivity index (χ3n) is 4.82. The Bertz CT molecular complexity index is 1070. The van der Waals surface area contributed by atoms with Crippen LogP contribution in [0.4, 0.5) is 5.69 Å². The van der Waals surface area contributed by atoms with Crippen molar-refractivity contribution in [1.82, 2.24) is 0 Å². The van der Waals surface area contributed by atoms with Crippen LogP contribution in [0.3, 0.4) is 0 Å². The van der Waals surface area contributed by atoms with Crippen LogP contribution in [0.5, 0.6) is 5.75 Å². The number of ether oxygens (including phenoxy) is 2. The summed E-state index contributed by atoms with van der Waals surface area (Å²) in [5.74, 6) is 0.544. The van der Waals surface area contributed by atoms with Crippen LogP contribution in [0, 0.1) is 6.92 Å². The number of fused-ring (bicyclic) bond motifs is 1. The molecule has 0 aromatic heterocycles. The molecule has 4 rings (SSSR count). The van der Waals surface area contributed by atoms with Crippen molar-refractivity contribution in [3.05, 3.63) is 90.0 Å². The van der Waals surface area contributed by atoms with Gasteiger partial charge in [-0.3, -0.25) is 4.31 Å². The van der Waals surface area contributed by atoms with Crippen molar-refractivity contribution >= 4 is 15.7 Å². The third kappa shape index (κ3) is 4.28. The quantitative estimate of drug-likeness (QED) is 0.613. The van der Waals surface area contributed by atoms with E-state index >= 15 is 0 Å². The van der Waals surface area contributed by atoms with Crippen molar-refractivity contribution < 1.29 is 17.9 Å². The summed E-state index contributed by atoms with van der Waals surface area (Å²) in [5, 5.41) is 0. The fourth-order valence-corrected chi connectivity index (χ4v) is 4.80. The van der Waals surface area contributed by atoms with Gasteiger partial charge < -0.3 is 9.47 Å². The van der Waals surface area contributed by atoms with Gasteiger partial charge in [-0.2, -0.15) is 0 Å². The number of hydrogen-bond acceptors (Lipinski definition) is 4. The Morgan fingerprint density at radius 1 is 0.966 bits per heavy atom. The lowest BCUT2D eigenvalue weighted by Gasteiger charge is -2.35. The molecule has 1 atom stereocenters. The van der Waals surface area contributed by atoms with Gasteiger partial charge in [0.05, 0.1) is 30.3 Å². The van der Waals surface area contributed by atoms with E-state index in [1.807, 2.05) is 49.4 Å². The number of rotatable bonds is 6. The monoisotopic (exact) mass is 409 g/mol. The Balaban J connectivity index is 1.55. The summed E-state index contributed by atoms with van der Waals surface area (Å²) in [6.45, 7) is 2.87. The lowest BCUT2D eigenvalue weighted by atomic mass is 10.2. The molecule has 0 saturated carbocycles. The molecular weight excluding hydrogens is 386 g/mol. The minimum Gasteiger partial charge on any atom is -0.484 e. The van der Waals surface area contributed by atoms with E-state index in [0.29, 0.717) is 24.7 Å². The van der Waals surface area contributed by atoms with E-state index in [4.69, 9.17) is 9.47 Å². The number of anilines is 1. The Labute approximate surface area is 171 Å². The molecule has 5 nitrogen and oxygen atoms in total. The third-order valence-corrected chi connectivity index (χ3v) is 6.62. The number of para-hydroxylation sites is 2. The topological polar surface area (TPSA) is 55.8 Å². The highest BCUT2D eigenvalue weighted by atomic mass is 32.2. The van der Waals surface area contributed by atoms with E-state index in [0.717, 1.165) is 11.1 Å². The van der Waals surface area contributed by atoms with Crippen molar-refractivity contribution in [2.75, 3.05) is 17.5 Å². The molecule has 150 valence electrons. The molecule has 6 heteroatoms. The van der Waals surface area contributed by atoms with Crippen LogP contribution >= 0.6 is 0 Å². The fraction of sp³-hybridized carbons (Fsp3) is 0.217. The maximum Gasteiger partial charge on any atom is 0.264 e. The van der Waals surface area contributed by atoms with Gasteiger partial charge in [0, 0.05) is 0 Å². The fourth-order valence-electron chi connectivity index (χ4n) is 3.30. The first kappa shape index (κ1) is 19.5. The minimum absolute atomic E-state index is 0.196. The van der Waals surface area contributed by atoms with Crippen LogP contribution in [0.15, 0.2) is 83.8 Å². The smallest absolute Gasteiger partial charge is 0.264 e. The van der Waals surface area contributed by atoms with Crippen molar-refractivity contribution in [2.24, 2.45) is 0 Å². The molecule has 0 radical (unpaired) electrons. The number of nitrogens with zero attached hydrogens (tertiary/aromatic N) is 1. The highest BCUT2D eigenvalue weighted by Gasteiger charge is 2.34. The Hall–Kier alpha value is -2.83. The number of hydrogen-bond donors (Lipinski definition) is 0. The summed E-state index contributed by atoms with van der Waals surface area (Å²) >= 11 is 0. The molecule has 0 amide bonds. The predicted octanol–water partition coefficient (Wildman–Crippen LogP) is 4.17. The van der Waals surface area contributed by atoms with Crippen LogP contribution in [0.1, 0.15) is 11.1 Å². The highest BCUT2D eigenvalue weighted by molar-refractivity contribution is 7.92. The van der Waals surface area contributed by atoms with Crippen molar-refractivity contribution in [3.8, 4) is 5.75 Å².